The van der Waals surface area contributed by atoms with E-state index in [0.717, 1.165) is 5.02 Å². The maximum Gasteiger partial charge on any atom is 0.0620 e. The summed E-state index contributed by atoms with van der Waals surface area (Å²) >= 11 is 6.21. The molecule has 0 amide bonds. The quantitative estimate of drug-likeness (QED) is 0.183. The number of halogens is 1. The van der Waals surface area contributed by atoms with E-state index in [1.54, 1.807) is 0 Å². The molecule has 0 aliphatic rings. The molecular formula is C84H51ClN6. The molecule has 0 bridgehead atoms. The van der Waals surface area contributed by atoms with E-state index in [1.807, 2.05) is 6.07 Å². The van der Waals surface area contributed by atoms with Crippen molar-refractivity contribution in [2.75, 3.05) is 0 Å². The summed E-state index contributed by atoms with van der Waals surface area (Å²) in [6, 6.07) is 109. The van der Waals surface area contributed by atoms with E-state index in [-0.39, 0.29) is 0 Å². The Morgan fingerprint density at radius 2 is 0.549 bits per heavy atom. The van der Waals surface area contributed by atoms with Gasteiger partial charge in [0.15, 0.2) is 0 Å². The molecule has 22 aromatic rings. The number of aromatic nitrogens is 6. The Hall–Kier alpha value is -11.8. The van der Waals surface area contributed by atoms with Crippen LogP contribution in [-0.4, -0.2) is 27.5 Å². The summed E-state index contributed by atoms with van der Waals surface area (Å²) in [4.78, 5) is 3.57. The summed E-state index contributed by atoms with van der Waals surface area (Å²) in [7, 11) is 0. The van der Waals surface area contributed by atoms with Gasteiger partial charge >= 0.3 is 0 Å². The predicted octanol–water partition coefficient (Wildman–Crippen LogP) is 22.9. The van der Waals surface area contributed by atoms with Crippen molar-refractivity contribution in [2.24, 2.45) is 0 Å². The van der Waals surface area contributed by atoms with E-state index in [9.17, 15) is 0 Å². The van der Waals surface area contributed by atoms with Crippen LogP contribution in [0.4, 0.5) is 0 Å². The van der Waals surface area contributed by atoms with Gasteiger partial charge in [0.25, 0.3) is 0 Å². The van der Waals surface area contributed by atoms with Crippen LogP contribution in [0, 0.1) is 0 Å². The summed E-state index contributed by atoms with van der Waals surface area (Å²) in [5, 5.41) is 21.3. The van der Waals surface area contributed by atoms with Crippen LogP contribution in [0.1, 0.15) is 0 Å². The van der Waals surface area contributed by atoms with Gasteiger partial charge in [-0.25, -0.2) is 0 Å². The molecule has 0 aliphatic carbocycles. The van der Waals surface area contributed by atoms with Crippen LogP contribution in [-0.2, 0) is 0 Å². The second-order valence-electron chi connectivity index (χ2n) is 24.2. The standard InChI is InChI=1S/C42H25N3.C24H16N2.C18H10ClN/c1-2-11-26(12-3-1)43-36-18-7-5-14-29(36)34-25-41-35(24-40(34)43)30-15-6-8-19-37(30)44(41)27-21-22-31-33-17-10-16-32-28-13-4-9-20-38(28)45(42(32)33)39(31)23-27;1-2-8-16(9-3-1)26-23-13-7-5-11-18(23)20-14-22-19(15-24(20)26)17-10-4-6-12-21(17)25-22;19-11-8-9-13-15-6-3-5-14-12-4-1-2-7-16(12)20(18(14)15)17(13)10-11/h1-25H;1-15,25H;1-10H. The number of fused-ring (bicyclic) bond motifs is 24. The van der Waals surface area contributed by atoms with Crippen molar-refractivity contribution < 1.29 is 0 Å². The minimum absolute atomic E-state index is 0.780. The van der Waals surface area contributed by atoms with Crippen LogP contribution < -0.4 is 0 Å². The highest BCUT2D eigenvalue weighted by Crippen LogP contribution is 2.45. The fourth-order valence-electron chi connectivity index (χ4n) is 15.7. The molecule has 8 heterocycles. The molecule has 91 heavy (non-hydrogen) atoms. The van der Waals surface area contributed by atoms with Gasteiger partial charge in [-0.3, -0.25) is 0 Å². The molecule has 8 aromatic heterocycles. The van der Waals surface area contributed by atoms with E-state index in [2.05, 4.69) is 325 Å². The number of para-hydroxylation sites is 10. The highest BCUT2D eigenvalue weighted by Gasteiger charge is 2.23. The van der Waals surface area contributed by atoms with Crippen LogP contribution in [0.2, 0.25) is 5.02 Å². The van der Waals surface area contributed by atoms with Gasteiger partial charge in [-0.15, -0.1) is 0 Å². The van der Waals surface area contributed by atoms with Crippen LogP contribution >= 0.6 is 11.6 Å². The van der Waals surface area contributed by atoms with Crippen LogP contribution in [0.15, 0.2) is 303 Å². The topological polar surface area (TPSA) is 39.4 Å². The molecule has 0 atom stereocenters. The number of H-pyrrole nitrogens is 1. The Balaban J connectivity index is 0.000000105. The van der Waals surface area contributed by atoms with Crippen molar-refractivity contribution in [1.82, 2.24) is 27.5 Å². The number of nitrogens with zero attached hydrogens (tertiary/aromatic N) is 5. The normalized spacial score (nSPS) is 12.2. The molecule has 1 N–H and O–H groups in total. The predicted molar refractivity (Wildman–Crippen MR) is 386 cm³/mol. The van der Waals surface area contributed by atoms with Gasteiger partial charge in [0.1, 0.15) is 0 Å². The molecule has 14 aromatic carbocycles. The van der Waals surface area contributed by atoms with Crippen molar-refractivity contribution in [2.45, 2.75) is 0 Å². The molecule has 0 aliphatic heterocycles. The van der Waals surface area contributed by atoms with Gasteiger partial charge in [-0.1, -0.05) is 206 Å². The number of nitrogens with one attached hydrogen (secondary N) is 1. The molecule has 0 fully saturated rings. The average Bonchev–Trinajstić information content (AvgIpc) is 1.58. The number of hydrogen-bond donors (Lipinski definition) is 1. The third-order valence-electron chi connectivity index (χ3n) is 19.4. The Bertz CT molecular complexity index is 6710. The smallest absolute Gasteiger partial charge is 0.0620 e. The summed E-state index contributed by atoms with van der Waals surface area (Å²) in [6.07, 6.45) is 0. The largest absolute Gasteiger partial charge is 0.354 e. The minimum Gasteiger partial charge on any atom is -0.354 e. The number of hydrogen-bond acceptors (Lipinski definition) is 0. The van der Waals surface area contributed by atoms with Crippen LogP contribution in [0.3, 0.4) is 0 Å². The zero-order valence-corrected chi connectivity index (χ0v) is 49.7. The summed E-state index contributed by atoms with van der Waals surface area (Å²) < 4.78 is 12.0. The molecule has 0 saturated heterocycles. The van der Waals surface area contributed by atoms with E-state index >= 15 is 0 Å². The third-order valence-corrected chi connectivity index (χ3v) is 19.7. The van der Waals surface area contributed by atoms with Gasteiger partial charge < -0.3 is 27.5 Å². The average molecular weight is 1180 g/mol. The van der Waals surface area contributed by atoms with E-state index in [1.165, 1.54) is 180 Å². The van der Waals surface area contributed by atoms with E-state index < -0.39 is 0 Å². The van der Waals surface area contributed by atoms with Gasteiger partial charge in [-0.2, -0.15) is 0 Å². The first-order valence-electron chi connectivity index (χ1n) is 31.1. The monoisotopic (exact) mass is 1180 g/mol. The molecule has 0 spiro atoms. The SMILES string of the molecule is Clc1ccc2c3cccc4c5ccccc5n(c2c1)c43.c1ccc(-n2c3ccccc3c3cc4[nH]c5ccccc5c4cc32)cc1.c1ccc(-n2c3ccccc3c3cc4c(cc32)c2ccccc2n4-c2ccc3c4cccc5c6ccccc6n(c3c2)c54)cc1. The molecule has 0 saturated carbocycles. The number of rotatable bonds is 3. The number of benzene rings is 14. The van der Waals surface area contributed by atoms with Crippen molar-refractivity contribution in [1.29, 1.82) is 0 Å². The lowest BCUT2D eigenvalue weighted by Gasteiger charge is -2.10. The second kappa shape index (κ2) is 19.1. The summed E-state index contributed by atoms with van der Waals surface area (Å²) in [5.41, 5.74) is 20.8. The summed E-state index contributed by atoms with van der Waals surface area (Å²) in [5.74, 6) is 0. The van der Waals surface area contributed by atoms with Crippen molar-refractivity contribution >= 4 is 175 Å². The van der Waals surface area contributed by atoms with Gasteiger partial charge in [0, 0.05) is 119 Å². The van der Waals surface area contributed by atoms with E-state index in [0.29, 0.717) is 0 Å². The second-order valence-corrected chi connectivity index (χ2v) is 24.6. The highest BCUT2D eigenvalue weighted by atomic mass is 35.5. The van der Waals surface area contributed by atoms with Crippen LogP contribution in [0.5, 0.6) is 0 Å². The zero-order valence-electron chi connectivity index (χ0n) is 49.0. The maximum atomic E-state index is 6.21. The van der Waals surface area contributed by atoms with Crippen molar-refractivity contribution in [3.63, 3.8) is 0 Å². The maximum absolute atomic E-state index is 6.21. The fourth-order valence-corrected chi connectivity index (χ4v) is 15.9. The highest BCUT2D eigenvalue weighted by molar-refractivity contribution is 6.32. The zero-order chi connectivity index (χ0) is 59.6. The fraction of sp³-hybridized carbons (Fsp3) is 0. The Morgan fingerprint density at radius 3 is 1.04 bits per heavy atom. The number of aromatic amines is 1. The first kappa shape index (κ1) is 50.2. The van der Waals surface area contributed by atoms with Crippen molar-refractivity contribution in [3.8, 4) is 17.1 Å². The molecule has 6 nitrogen and oxygen atoms in total. The third kappa shape index (κ3) is 7.13. The Morgan fingerprint density at radius 1 is 0.198 bits per heavy atom. The minimum atomic E-state index is 0.780. The first-order chi connectivity index (χ1) is 45.1. The molecule has 7 heteroatoms. The van der Waals surface area contributed by atoms with Crippen molar-refractivity contribution in [3.05, 3.63) is 308 Å². The molecular weight excluding hydrogens is 1130 g/mol. The van der Waals surface area contributed by atoms with Gasteiger partial charge in [0.2, 0.25) is 0 Å². The molecule has 424 valence electrons. The summed E-state index contributed by atoms with van der Waals surface area (Å²) in [6.45, 7) is 0. The Kier molecular flexibility index (Phi) is 10.5. The lowest BCUT2D eigenvalue weighted by molar-refractivity contribution is 1.17. The van der Waals surface area contributed by atoms with Crippen LogP contribution in [0.25, 0.3) is 180 Å². The molecule has 22 rings (SSSR count). The Labute approximate surface area is 524 Å². The van der Waals surface area contributed by atoms with Gasteiger partial charge in [0.05, 0.1) is 66.2 Å². The first-order valence-corrected chi connectivity index (χ1v) is 31.5. The van der Waals surface area contributed by atoms with E-state index in [4.69, 9.17) is 11.6 Å². The lowest BCUT2D eigenvalue weighted by Crippen LogP contribution is -1.95. The molecule has 0 radical (unpaired) electrons. The van der Waals surface area contributed by atoms with Gasteiger partial charge in [-0.05, 0) is 109 Å². The molecule has 0 unspecified atom stereocenters. The lowest BCUT2D eigenvalue weighted by atomic mass is 10.1.